The molecule has 0 radical (unpaired) electrons. The van der Waals surface area contributed by atoms with Gasteiger partial charge < -0.3 is 15.8 Å². The first-order valence-electron chi connectivity index (χ1n) is 6.36. The summed E-state index contributed by atoms with van der Waals surface area (Å²) in [7, 11) is 1.50. The van der Waals surface area contributed by atoms with Crippen LogP contribution >= 0.6 is 0 Å². The molecule has 0 unspecified atom stereocenters. The molecule has 6 heteroatoms. The van der Waals surface area contributed by atoms with Crippen molar-refractivity contribution in [1.29, 1.82) is 0 Å². The molecule has 0 aliphatic rings. The van der Waals surface area contributed by atoms with Crippen molar-refractivity contribution < 1.29 is 9.53 Å². The van der Waals surface area contributed by atoms with E-state index in [1.165, 1.54) is 7.11 Å². The van der Waals surface area contributed by atoms with Crippen LogP contribution in [0.4, 0.5) is 11.4 Å². The molecule has 6 nitrogen and oxygen atoms in total. The number of rotatable bonds is 3. The Hall–Kier alpha value is -3.02. The van der Waals surface area contributed by atoms with E-state index in [0.29, 0.717) is 22.7 Å². The van der Waals surface area contributed by atoms with Crippen LogP contribution in [0.25, 0.3) is 10.9 Å². The largest absolute Gasteiger partial charge is 0.496 e. The quantitative estimate of drug-likeness (QED) is 0.643. The number of fused-ring (bicyclic) bond motifs is 1. The van der Waals surface area contributed by atoms with Crippen molar-refractivity contribution in [2.75, 3.05) is 18.2 Å². The molecule has 0 aliphatic heterocycles. The fraction of sp³-hybridized carbons (Fsp3) is 0.0667. The van der Waals surface area contributed by atoms with Gasteiger partial charge in [0.2, 0.25) is 0 Å². The van der Waals surface area contributed by atoms with Gasteiger partial charge in [-0.15, -0.1) is 0 Å². The number of carbonyl (C=O) groups excluding carboxylic acids is 1. The number of hydrogen-bond donors (Lipinski definition) is 3. The van der Waals surface area contributed by atoms with E-state index < -0.39 is 0 Å². The minimum absolute atomic E-state index is 0.320. The van der Waals surface area contributed by atoms with Crippen LogP contribution in [0.15, 0.2) is 42.6 Å². The number of anilines is 2. The molecule has 0 aliphatic carbocycles. The zero-order chi connectivity index (χ0) is 14.8. The number of methoxy groups -OCH3 is 1. The fourth-order valence-electron chi connectivity index (χ4n) is 2.22. The minimum Gasteiger partial charge on any atom is -0.496 e. The third kappa shape index (κ3) is 2.27. The first kappa shape index (κ1) is 13.0. The molecule has 0 bridgehead atoms. The Kier molecular flexibility index (Phi) is 3.19. The Bertz CT molecular complexity index is 810. The topological polar surface area (TPSA) is 93.0 Å². The van der Waals surface area contributed by atoms with Crippen LogP contribution in [0.1, 0.15) is 10.4 Å². The predicted octanol–water partition coefficient (Wildman–Crippen LogP) is 2.41. The summed E-state index contributed by atoms with van der Waals surface area (Å²) < 4.78 is 5.20. The number of carbonyl (C=O) groups is 1. The first-order valence-corrected chi connectivity index (χ1v) is 6.36. The van der Waals surface area contributed by atoms with Crippen LogP contribution in [-0.4, -0.2) is 23.2 Å². The van der Waals surface area contributed by atoms with Crippen molar-refractivity contribution in [1.82, 2.24) is 10.2 Å². The minimum atomic E-state index is -0.321. The number of hydrogen-bond acceptors (Lipinski definition) is 4. The van der Waals surface area contributed by atoms with Crippen molar-refractivity contribution in [3.8, 4) is 5.75 Å². The maximum Gasteiger partial charge on any atom is 0.261 e. The predicted molar refractivity (Wildman–Crippen MR) is 81.5 cm³/mol. The molecule has 0 atom stereocenters. The van der Waals surface area contributed by atoms with Crippen LogP contribution in [0.2, 0.25) is 0 Å². The second kappa shape index (κ2) is 5.16. The molecule has 1 aromatic heterocycles. The van der Waals surface area contributed by atoms with Crippen LogP contribution in [-0.2, 0) is 0 Å². The van der Waals surface area contributed by atoms with Gasteiger partial charge in [0.1, 0.15) is 11.3 Å². The van der Waals surface area contributed by atoms with Crippen molar-refractivity contribution in [2.24, 2.45) is 0 Å². The van der Waals surface area contributed by atoms with E-state index in [9.17, 15) is 4.79 Å². The van der Waals surface area contributed by atoms with Crippen LogP contribution in [0.3, 0.4) is 0 Å². The molecular formula is C15H14N4O2. The van der Waals surface area contributed by atoms with E-state index in [0.717, 1.165) is 10.9 Å². The van der Waals surface area contributed by atoms with Gasteiger partial charge in [0.15, 0.2) is 0 Å². The van der Waals surface area contributed by atoms with E-state index in [2.05, 4.69) is 15.5 Å². The summed E-state index contributed by atoms with van der Waals surface area (Å²) >= 11 is 0. The lowest BCUT2D eigenvalue weighted by atomic mass is 10.1. The van der Waals surface area contributed by atoms with Gasteiger partial charge >= 0.3 is 0 Å². The molecule has 0 fully saturated rings. The van der Waals surface area contributed by atoms with Gasteiger partial charge in [-0.3, -0.25) is 9.89 Å². The van der Waals surface area contributed by atoms with Gasteiger partial charge in [-0.1, -0.05) is 12.1 Å². The fourth-order valence-corrected chi connectivity index (χ4v) is 2.22. The van der Waals surface area contributed by atoms with E-state index in [1.54, 1.807) is 30.5 Å². The second-order valence-electron chi connectivity index (χ2n) is 4.52. The van der Waals surface area contributed by atoms with Gasteiger partial charge in [0, 0.05) is 11.1 Å². The Balaban J connectivity index is 1.99. The number of nitrogens with one attached hydrogen (secondary N) is 2. The highest BCUT2D eigenvalue weighted by atomic mass is 16.5. The van der Waals surface area contributed by atoms with E-state index in [-0.39, 0.29) is 5.91 Å². The van der Waals surface area contributed by atoms with Crippen molar-refractivity contribution >= 4 is 28.2 Å². The summed E-state index contributed by atoms with van der Waals surface area (Å²) in [5, 5.41) is 10.5. The van der Waals surface area contributed by atoms with E-state index in [1.807, 2.05) is 12.1 Å². The van der Waals surface area contributed by atoms with Gasteiger partial charge in [-0.2, -0.15) is 5.10 Å². The number of amides is 1. The molecule has 1 amide bonds. The average molecular weight is 282 g/mol. The second-order valence-corrected chi connectivity index (χ2v) is 4.52. The standard InChI is InChI=1S/C15H14N4O2/c1-21-13-7-2-4-10(16)14(13)15(20)18-11-5-3-6-12-9(11)8-17-19-12/h2-8H,16H2,1H3,(H,17,19)(H,18,20). The smallest absolute Gasteiger partial charge is 0.261 e. The molecule has 0 saturated heterocycles. The number of aromatic nitrogens is 2. The lowest BCUT2D eigenvalue weighted by molar-refractivity contribution is 0.102. The SMILES string of the molecule is COc1cccc(N)c1C(=O)Nc1cccc2[nH]ncc12. The molecule has 21 heavy (non-hydrogen) atoms. The molecule has 3 rings (SSSR count). The third-order valence-corrected chi connectivity index (χ3v) is 3.24. The van der Waals surface area contributed by atoms with Gasteiger partial charge in [-0.05, 0) is 24.3 Å². The molecule has 1 heterocycles. The van der Waals surface area contributed by atoms with Crippen molar-refractivity contribution in [3.63, 3.8) is 0 Å². The molecule has 0 spiro atoms. The summed E-state index contributed by atoms with van der Waals surface area (Å²) in [6.07, 6.45) is 1.66. The summed E-state index contributed by atoms with van der Waals surface area (Å²) in [5.41, 5.74) is 8.08. The molecule has 0 saturated carbocycles. The average Bonchev–Trinajstić information content (AvgIpc) is 2.96. The Labute approximate surface area is 120 Å². The first-order chi connectivity index (χ1) is 10.2. The Morgan fingerprint density at radius 1 is 1.29 bits per heavy atom. The van der Waals surface area contributed by atoms with Crippen LogP contribution < -0.4 is 15.8 Å². The molecule has 106 valence electrons. The molecule has 3 aromatic rings. The number of benzene rings is 2. The Morgan fingerprint density at radius 2 is 2.10 bits per heavy atom. The highest BCUT2D eigenvalue weighted by Gasteiger charge is 2.16. The van der Waals surface area contributed by atoms with Gasteiger partial charge in [0.05, 0.1) is 24.5 Å². The summed E-state index contributed by atoms with van der Waals surface area (Å²) in [6.45, 7) is 0. The zero-order valence-electron chi connectivity index (χ0n) is 11.4. The Morgan fingerprint density at radius 3 is 2.90 bits per heavy atom. The summed E-state index contributed by atoms with van der Waals surface area (Å²) in [4.78, 5) is 12.5. The lowest BCUT2D eigenvalue weighted by Crippen LogP contribution is -2.15. The third-order valence-electron chi connectivity index (χ3n) is 3.24. The highest BCUT2D eigenvalue weighted by molar-refractivity contribution is 6.12. The highest BCUT2D eigenvalue weighted by Crippen LogP contribution is 2.27. The number of nitrogens with zero attached hydrogens (tertiary/aromatic N) is 1. The lowest BCUT2D eigenvalue weighted by Gasteiger charge is -2.12. The molecular weight excluding hydrogens is 268 g/mol. The number of ether oxygens (including phenoxy) is 1. The normalized spacial score (nSPS) is 10.5. The van der Waals surface area contributed by atoms with Crippen LogP contribution in [0.5, 0.6) is 5.75 Å². The maximum absolute atomic E-state index is 12.5. The van der Waals surface area contributed by atoms with Crippen molar-refractivity contribution in [3.05, 3.63) is 48.2 Å². The number of nitrogen functional groups attached to an aromatic ring is 1. The van der Waals surface area contributed by atoms with Gasteiger partial charge in [0.25, 0.3) is 5.91 Å². The summed E-state index contributed by atoms with van der Waals surface area (Å²) in [5.74, 6) is 0.116. The van der Waals surface area contributed by atoms with Crippen LogP contribution in [0, 0.1) is 0 Å². The maximum atomic E-state index is 12.5. The van der Waals surface area contributed by atoms with Crippen molar-refractivity contribution in [2.45, 2.75) is 0 Å². The molecule has 4 N–H and O–H groups in total. The van der Waals surface area contributed by atoms with E-state index in [4.69, 9.17) is 10.5 Å². The number of H-pyrrole nitrogens is 1. The summed E-state index contributed by atoms with van der Waals surface area (Å²) in [6, 6.07) is 10.6. The van der Waals surface area contributed by atoms with E-state index >= 15 is 0 Å². The number of aromatic amines is 1. The zero-order valence-corrected chi connectivity index (χ0v) is 11.4. The monoisotopic (exact) mass is 282 g/mol. The number of nitrogens with two attached hydrogens (primary N) is 1. The van der Waals surface area contributed by atoms with Gasteiger partial charge in [-0.25, -0.2) is 0 Å². The molecule has 2 aromatic carbocycles.